The number of alkyl halides is 1. The molecule has 0 aromatic carbocycles. The van der Waals surface area contributed by atoms with E-state index in [2.05, 4.69) is 13.0 Å². The van der Waals surface area contributed by atoms with Crippen molar-refractivity contribution in [1.82, 2.24) is 4.90 Å². The average molecular weight is 782 g/mol. The minimum Gasteiger partial charge on any atom is -0.457 e. The van der Waals surface area contributed by atoms with Crippen LogP contribution in [0, 0.1) is 29.6 Å². The summed E-state index contributed by atoms with van der Waals surface area (Å²) in [6, 6.07) is -0.677. The van der Waals surface area contributed by atoms with E-state index in [1.807, 2.05) is 40.7 Å². The van der Waals surface area contributed by atoms with Crippen LogP contribution in [0.4, 0.5) is 0 Å². The second-order valence-corrected chi connectivity index (χ2v) is 16.8. The quantitative estimate of drug-likeness (QED) is 0.0622. The minimum atomic E-state index is -1.07. The number of hydrogen-bond acceptors (Lipinski definition) is 10. The van der Waals surface area contributed by atoms with Gasteiger partial charge in [-0.15, -0.1) is 11.6 Å². The largest absolute Gasteiger partial charge is 0.457 e. The molecule has 0 spiro atoms. The van der Waals surface area contributed by atoms with E-state index >= 15 is 0 Å². The molecule has 3 rings (SSSR count). The topological polar surface area (TPSA) is 138 Å². The highest BCUT2D eigenvalue weighted by Gasteiger charge is 2.41. The average Bonchev–Trinajstić information content (AvgIpc) is 3.15. The zero-order valence-corrected chi connectivity index (χ0v) is 34.9. The second kappa shape index (κ2) is 22.4. The normalized spacial score (nSPS) is 30.4. The molecule has 1 amide bonds. The summed E-state index contributed by atoms with van der Waals surface area (Å²) < 4.78 is 29.0. The van der Waals surface area contributed by atoms with Crippen LogP contribution in [0.1, 0.15) is 112 Å². The number of piperidine rings is 1. The van der Waals surface area contributed by atoms with Gasteiger partial charge in [0, 0.05) is 46.1 Å². The smallest absolute Gasteiger partial charge is 0.329 e. The van der Waals surface area contributed by atoms with E-state index in [1.54, 1.807) is 21.3 Å². The van der Waals surface area contributed by atoms with Crippen molar-refractivity contribution in [2.75, 3.05) is 27.9 Å². The first-order valence-corrected chi connectivity index (χ1v) is 20.5. The van der Waals surface area contributed by atoms with Crippen molar-refractivity contribution < 1.29 is 48.0 Å². The number of carbonyl (C=O) groups excluding carboxylic acids is 4. The van der Waals surface area contributed by atoms with Gasteiger partial charge in [0.15, 0.2) is 6.10 Å². The van der Waals surface area contributed by atoms with Gasteiger partial charge in [-0.3, -0.25) is 14.4 Å². The van der Waals surface area contributed by atoms with Crippen LogP contribution in [0.15, 0.2) is 23.3 Å². The number of Topliss-reactive ketones (excluding diaryl/α,β-unsaturated/α-hetero) is 1. The number of aliphatic hydroxyl groups excluding tert-OH is 1. The van der Waals surface area contributed by atoms with Crippen molar-refractivity contribution in [1.29, 1.82) is 0 Å². The Balaban J connectivity index is 1.71. The Morgan fingerprint density at radius 2 is 1.74 bits per heavy atom. The molecular formula is C42H68ClNO10. The molecule has 2 saturated heterocycles. The monoisotopic (exact) mass is 781 g/mol. The lowest BCUT2D eigenvalue weighted by atomic mass is 9.82. The van der Waals surface area contributed by atoms with Gasteiger partial charge in [0.05, 0.1) is 35.7 Å². The second-order valence-electron chi connectivity index (χ2n) is 16.2. The lowest BCUT2D eigenvalue weighted by Crippen LogP contribution is -2.49. The van der Waals surface area contributed by atoms with E-state index in [0.29, 0.717) is 45.1 Å². The van der Waals surface area contributed by atoms with Crippen molar-refractivity contribution in [3.63, 3.8) is 0 Å². The van der Waals surface area contributed by atoms with E-state index in [9.17, 15) is 24.3 Å². The maximum atomic E-state index is 13.7. The highest BCUT2D eigenvalue weighted by atomic mass is 35.5. The van der Waals surface area contributed by atoms with Crippen LogP contribution in [-0.4, -0.2) is 110 Å². The Morgan fingerprint density at radius 3 is 2.37 bits per heavy atom. The molecule has 11 nitrogen and oxygen atoms in total. The van der Waals surface area contributed by atoms with E-state index < -0.39 is 42.2 Å². The Kier molecular flexibility index (Phi) is 19.1. The number of esters is 2. The van der Waals surface area contributed by atoms with Crippen LogP contribution in [0.25, 0.3) is 0 Å². The standard InChI is InChI=1S/C42H68ClNO10/c1-10-31(18-25(2)17-26(3)19-37(51-8)40-38(52-9)21-28(5)41(48)54-40)35(47)23-34(46)29(6)39(53-42(49)33-13-11-12-16-44(33)24-45)27(4)20-30-14-15-32(43)36(22-30)50-7/h18,20,24,26,28-34,36-40,46H,10-17,19,21-23H2,1-9H3/b25-18+,27-20+/t26-,28+,29+,30-,31+,32-,33-,34-,36+,37-,38-,39+,40+/m0/s1. The van der Waals surface area contributed by atoms with Crippen molar-refractivity contribution in [3.8, 4) is 0 Å². The summed E-state index contributed by atoms with van der Waals surface area (Å²) in [5, 5.41) is 11.5. The Hall–Kier alpha value is -2.31. The highest BCUT2D eigenvalue weighted by Crippen LogP contribution is 2.34. The number of halogens is 1. The first-order valence-electron chi connectivity index (χ1n) is 20.1. The molecule has 3 fully saturated rings. The zero-order chi connectivity index (χ0) is 40.1. The molecule has 1 aliphatic carbocycles. The molecule has 308 valence electrons. The predicted molar refractivity (Wildman–Crippen MR) is 208 cm³/mol. The molecule has 1 N–H and O–H groups in total. The van der Waals surface area contributed by atoms with Crippen LogP contribution in [0.2, 0.25) is 0 Å². The summed E-state index contributed by atoms with van der Waals surface area (Å²) in [5.74, 6) is -1.70. The van der Waals surface area contributed by atoms with E-state index in [-0.39, 0.29) is 59.6 Å². The third-order valence-electron chi connectivity index (χ3n) is 11.9. The summed E-state index contributed by atoms with van der Waals surface area (Å²) >= 11 is 6.50. The van der Waals surface area contributed by atoms with Crippen molar-refractivity contribution in [2.45, 2.75) is 160 Å². The van der Waals surface area contributed by atoms with E-state index in [4.69, 9.17) is 35.3 Å². The number of aliphatic hydroxyl groups is 1. The number of hydrogen-bond donors (Lipinski definition) is 1. The highest BCUT2D eigenvalue weighted by molar-refractivity contribution is 6.21. The third-order valence-corrected chi connectivity index (χ3v) is 12.4. The van der Waals surface area contributed by atoms with E-state index in [0.717, 1.165) is 43.3 Å². The van der Waals surface area contributed by atoms with Crippen LogP contribution < -0.4 is 0 Å². The third kappa shape index (κ3) is 12.9. The molecule has 2 aliphatic heterocycles. The number of ether oxygens (including phenoxy) is 5. The molecule has 0 unspecified atom stereocenters. The van der Waals surface area contributed by atoms with Gasteiger partial charge in [0.1, 0.15) is 17.9 Å². The molecule has 0 aromatic rings. The summed E-state index contributed by atoms with van der Waals surface area (Å²) in [4.78, 5) is 53.0. The Bertz CT molecular complexity index is 1290. The maximum Gasteiger partial charge on any atom is 0.329 e. The number of carbonyl (C=O) groups is 4. The van der Waals surface area contributed by atoms with Gasteiger partial charge in [-0.05, 0) is 95.5 Å². The van der Waals surface area contributed by atoms with Crippen molar-refractivity contribution in [2.24, 2.45) is 29.6 Å². The zero-order valence-electron chi connectivity index (χ0n) is 34.2. The molecule has 2 heterocycles. The van der Waals surface area contributed by atoms with Gasteiger partial charge in [-0.2, -0.15) is 0 Å². The molecule has 1 saturated carbocycles. The van der Waals surface area contributed by atoms with Gasteiger partial charge in [-0.1, -0.05) is 45.4 Å². The predicted octanol–water partition coefficient (Wildman–Crippen LogP) is 6.60. The summed E-state index contributed by atoms with van der Waals surface area (Å²) in [6.45, 7) is 12.1. The number of cyclic esters (lactones) is 1. The molecule has 0 bridgehead atoms. The number of allylic oxidation sites excluding steroid dienone is 3. The van der Waals surface area contributed by atoms with Gasteiger partial charge in [0.25, 0.3) is 0 Å². The van der Waals surface area contributed by atoms with Crippen LogP contribution in [0.5, 0.6) is 0 Å². The van der Waals surface area contributed by atoms with Gasteiger partial charge < -0.3 is 33.7 Å². The number of amides is 1. The number of rotatable bonds is 20. The van der Waals surface area contributed by atoms with Crippen LogP contribution in [-0.2, 0) is 42.9 Å². The fourth-order valence-electron chi connectivity index (χ4n) is 8.58. The Morgan fingerprint density at radius 1 is 1.04 bits per heavy atom. The first kappa shape index (κ1) is 46.1. The van der Waals surface area contributed by atoms with Crippen LogP contribution >= 0.6 is 11.6 Å². The fourth-order valence-corrected chi connectivity index (χ4v) is 8.91. The van der Waals surface area contributed by atoms with Gasteiger partial charge in [-0.25, -0.2) is 4.79 Å². The summed E-state index contributed by atoms with van der Waals surface area (Å²) in [5.41, 5.74) is 1.85. The number of likely N-dealkylation sites (tertiary alicyclic amines) is 1. The van der Waals surface area contributed by atoms with Crippen molar-refractivity contribution in [3.05, 3.63) is 23.3 Å². The molecule has 12 heteroatoms. The van der Waals surface area contributed by atoms with Gasteiger partial charge in [0.2, 0.25) is 6.41 Å². The van der Waals surface area contributed by atoms with Crippen LogP contribution in [0.3, 0.4) is 0 Å². The minimum absolute atomic E-state index is 0.0635. The molecule has 54 heavy (non-hydrogen) atoms. The summed E-state index contributed by atoms with van der Waals surface area (Å²) in [7, 11) is 4.91. The molecule has 13 atom stereocenters. The SMILES string of the molecule is CC[C@H](/C=C(\C)C[C@H](C)C[C@H](OC)[C@H]1OC(=O)[C@H](C)C[C@@H]1OC)C(=O)C[C@H](O)[C@@H](C)[C@H](OC(=O)[C@@H]1CCCCN1C=O)/C(C)=C/[C@@H]1CC[C@H](Cl)[C@H](OC)C1. The number of nitrogens with zero attached hydrogens (tertiary/aromatic N) is 1. The van der Waals surface area contributed by atoms with Crippen molar-refractivity contribution >= 4 is 35.7 Å². The molecular weight excluding hydrogens is 714 g/mol. The van der Waals surface area contributed by atoms with E-state index in [1.165, 1.54) is 4.90 Å². The summed E-state index contributed by atoms with van der Waals surface area (Å²) in [6.07, 6.45) is 8.77. The lowest BCUT2D eigenvalue weighted by Gasteiger charge is -2.38. The Labute approximate surface area is 328 Å². The van der Waals surface area contributed by atoms with Gasteiger partial charge >= 0.3 is 11.9 Å². The molecule has 0 radical (unpaired) electrons. The number of methoxy groups -OCH3 is 3. The lowest BCUT2D eigenvalue weighted by molar-refractivity contribution is -0.189. The first-order chi connectivity index (χ1) is 25.7. The fraction of sp³-hybridized carbons (Fsp3) is 0.810. The molecule has 3 aliphatic rings. The molecule has 0 aromatic heterocycles. The number of ketones is 1. The maximum absolute atomic E-state index is 13.7.